The standard InChI is InChI=1S/C19H26N4O2.HI/c1-4-24-16-7-5-6-8-17(16)25-18-10-9-15(12-21-18)13-23-19(20)22-11-14(2)3;/h5-10,12,14H,4,11,13H2,1-3H3,(H3,20,22,23);1H. The molecule has 0 radical (unpaired) electrons. The minimum absolute atomic E-state index is 0. The topological polar surface area (TPSA) is 81.8 Å². The molecular weight excluding hydrogens is 443 g/mol. The van der Waals surface area contributed by atoms with Gasteiger partial charge in [-0.2, -0.15) is 0 Å². The molecule has 0 amide bonds. The third-order valence-corrected chi connectivity index (χ3v) is 3.28. The first-order valence-corrected chi connectivity index (χ1v) is 8.47. The van der Waals surface area contributed by atoms with E-state index in [1.807, 2.05) is 43.3 Å². The molecule has 26 heavy (non-hydrogen) atoms. The molecule has 0 bridgehead atoms. The van der Waals surface area contributed by atoms with Crippen molar-refractivity contribution in [1.82, 2.24) is 10.3 Å². The Morgan fingerprint density at radius 2 is 1.92 bits per heavy atom. The summed E-state index contributed by atoms with van der Waals surface area (Å²) < 4.78 is 11.3. The zero-order chi connectivity index (χ0) is 18.1. The number of rotatable bonds is 8. The highest BCUT2D eigenvalue weighted by Gasteiger charge is 2.06. The molecule has 2 rings (SSSR count). The summed E-state index contributed by atoms with van der Waals surface area (Å²) in [5, 5.41) is 3.08. The molecule has 0 unspecified atom stereocenters. The Hall–Kier alpha value is -2.03. The van der Waals surface area contributed by atoms with E-state index in [1.165, 1.54) is 0 Å². The van der Waals surface area contributed by atoms with Gasteiger partial charge in [0.15, 0.2) is 17.5 Å². The zero-order valence-corrected chi connectivity index (χ0v) is 17.8. The fourth-order valence-electron chi connectivity index (χ4n) is 2.03. The summed E-state index contributed by atoms with van der Waals surface area (Å²) in [6.45, 7) is 8.03. The van der Waals surface area contributed by atoms with Crippen LogP contribution in [-0.2, 0) is 6.54 Å². The molecule has 2 aromatic rings. The van der Waals surface area contributed by atoms with Crippen LogP contribution in [0.15, 0.2) is 47.6 Å². The average molecular weight is 470 g/mol. The minimum Gasteiger partial charge on any atom is -0.490 e. The summed E-state index contributed by atoms with van der Waals surface area (Å²) in [5.41, 5.74) is 6.79. The van der Waals surface area contributed by atoms with E-state index in [2.05, 4.69) is 29.1 Å². The first-order chi connectivity index (χ1) is 12.1. The van der Waals surface area contributed by atoms with Crippen LogP contribution in [0, 0.1) is 5.92 Å². The SMILES string of the molecule is CCOc1ccccc1Oc1ccc(CN=C(N)NCC(C)C)cn1.I. The van der Waals surface area contributed by atoms with Crippen LogP contribution in [-0.4, -0.2) is 24.1 Å². The monoisotopic (exact) mass is 470 g/mol. The summed E-state index contributed by atoms with van der Waals surface area (Å²) in [6, 6.07) is 11.3. The van der Waals surface area contributed by atoms with Crippen molar-refractivity contribution < 1.29 is 9.47 Å². The number of nitrogens with two attached hydrogens (primary N) is 1. The molecule has 0 aliphatic heterocycles. The number of aromatic nitrogens is 1. The van der Waals surface area contributed by atoms with E-state index in [4.69, 9.17) is 15.2 Å². The van der Waals surface area contributed by atoms with Crippen LogP contribution >= 0.6 is 24.0 Å². The van der Waals surface area contributed by atoms with Crippen molar-refractivity contribution in [2.75, 3.05) is 13.2 Å². The normalized spacial score (nSPS) is 11.0. The first-order valence-electron chi connectivity index (χ1n) is 8.47. The fourth-order valence-corrected chi connectivity index (χ4v) is 2.03. The lowest BCUT2D eigenvalue weighted by atomic mass is 10.2. The summed E-state index contributed by atoms with van der Waals surface area (Å²) in [4.78, 5) is 8.62. The number of benzene rings is 1. The van der Waals surface area contributed by atoms with E-state index >= 15 is 0 Å². The van der Waals surface area contributed by atoms with Gasteiger partial charge in [0.25, 0.3) is 0 Å². The van der Waals surface area contributed by atoms with Gasteiger partial charge in [0.1, 0.15) is 0 Å². The molecule has 1 heterocycles. The third-order valence-electron chi connectivity index (χ3n) is 3.28. The molecule has 7 heteroatoms. The molecule has 6 nitrogen and oxygen atoms in total. The molecule has 0 saturated carbocycles. The van der Waals surface area contributed by atoms with E-state index in [9.17, 15) is 0 Å². The molecule has 0 aliphatic carbocycles. The quantitative estimate of drug-likeness (QED) is 0.347. The van der Waals surface area contributed by atoms with Crippen molar-refractivity contribution in [1.29, 1.82) is 0 Å². The highest BCUT2D eigenvalue weighted by molar-refractivity contribution is 14.0. The molecular formula is C19H27IN4O2. The fraction of sp³-hybridized carbons (Fsp3) is 0.368. The maximum atomic E-state index is 5.83. The van der Waals surface area contributed by atoms with E-state index < -0.39 is 0 Å². The van der Waals surface area contributed by atoms with E-state index in [1.54, 1.807) is 6.20 Å². The van der Waals surface area contributed by atoms with Crippen LogP contribution in [0.3, 0.4) is 0 Å². The average Bonchev–Trinajstić information content (AvgIpc) is 2.61. The summed E-state index contributed by atoms with van der Waals surface area (Å²) in [7, 11) is 0. The number of nitrogens with one attached hydrogen (secondary N) is 1. The Kier molecular flexibility index (Phi) is 9.79. The predicted octanol–water partition coefficient (Wildman–Crippen LogP) is 3.95. The molecule has 0 atom stereocenters. The van der Waals surface area contributed by atoms with Gasteiger partial charge in [0, 0.05) is 18.8 Å². The number of guanidine groups is 1. The second kappa shape index (κ2) is 11.6. The molecule has 0 saturated heterocycles. The number of hydrogen-bond acceptors (Lipinski definition) is 4. The molecule has 0 aliphatic rings. The number of pyridine rings is 1. The number of nitrogens with zero attached hydrogens (tertiary/aromatic N) is 2. The van der Waals surface area contributed by atoms with Crippen LogP contribution in [0.4, 0.5) is 0 Å². The molecule has 0 spiro atoms. The Labute approximate surface area is 172 Å². The second-order valence-corrected chi connectivity index (χ2v) is 5.96. The Morgan fingerprint density at radius 3 is 2.54 bits per heavy atom. The van der Waals surface area contributed by atoms with Gasteiger partial charge in [-0.3, -0.25) is 0 Å². The van der Waals surface area contributed by atoms with Crippen molar-refractivity contribution in [2.45, 2.75) is 27.3 Å². The van der Waals surface area contributed by atoms with Crippen LogP contribution in [0.1, 0.15) is 26.3 Å². The summed E-state index contributed by atoms with van der Waals surface area (Å²) in [5.74, 6) is 2.81. The van der Waals surface area contributed by atoms with Gasteiger partial charge in [0.05, 0.1) is 13.2 Å². The Balaban J connectivity index is 0.00000338. The lowest BCUT2D eigenvalue weighted by Crippen LogP contribution is -2.34. The van der Waals surface area contributed by atoms with E-state index in [-0.39, 0.29) is 24.0 Å². The van der Waals surface area contributed by atoms with Gasteiger partial charge < -0.3 is 20.5 Å². The van der Waals surface area contributed by atoms with Crippen LogP contribution in [0.25, 0.3) is 0 Å². The molecule has 1 aromatic carbocycles. The van der Waals surface area contributed by atoms with Gasteiger partial charge in [0.2, 0.25) is 5.88 Å². The van der Waals surface area contributed by atoms with E-state index in [0.29, 0.717) is 42.4 Å². The van der Waals surface area contributed by atoms with Crippen molar-refractivity contribution >= 4 is 29.9 Å². The largest absolute Gasteiger partial charge is 0.490 e. The maximum Gasteiger partial charge on any atom is 0.219 e. The van der Waals surface area contributed by atoms with E-state index in [0.717, 1.165) is 12.1 Å². The van der Waals surface area contributed by atoms with Crippen molar-refractivity contribution in [2.24, 2.45) is 16.6 Å². The summed E-state index contributed by atoms with van der Waals surface area (Å²) >= 11 is 0. The number of halogens is 1. The van der Waals surface area contributed by atoms with Gasteiger partial charge >= 0.3 is 0 Å². The zero-order valence-electron chi connectivity index (χ0n) is 15.4. The number of para-hydroxylation sites is 2. The van der Waals surface area contributed by atoms with Crippen LogP contribution in [0.2, 0.25) is 0 Å². The molecule has 0 fully saturated rings. The smallest absolute Gasteiger partial charge is 0.219 e. The van der Waals surface area contributed by atoms with Gasteiger partial charge in [-0.05, 0) is 30.5 Å². The summed E-state index contributed by atoms with van der Waals surface area (Å²) in [6.07, 6.45) is 1.73. The number of hydrogen-bond donors (Lipinski definition) is 2. The molecule has 1 aromatic heterocycles. The third kappa shape index (κ3) is 7.47. The second-order valence-electron chi connectivity index (χ2n) is 5.96. The van der Waals surface area contributed by atoms with Gasteiger partial charge in [-0.15, -0.1) is 24.0 Å². The molecule has 142 valence electrons. The molecule has 3 N–H and O–H groups in total. The minimum atomic E-state index is 0. The van der Waals surface area contributed by atoms with Crippen molar-refractivity contribution in [3.05, 3.63) is 48.2 Å². The van der Waals surface area contributed by atoms with Gasteiger partial charge in [-0.25, -0.2) is 9.98 Å². The van der Waals surface area contributed by atoms with Crippen LogP contribution < -0.4 is 20.5 Å². The predicted molar refractivity (Wildman–Crippen MR) is 116 cm³/mol. The highest BCUT2D eigenvalue weighted by Crippen LogP contribution is 2.30. The Bertz CT molecular complexity index is 690. The van der Waals surface area contributed by atoms with Crippen molar-refractivity contribution in [3.63, 3.8) is 0 Å². The van der Waals surface area contributed by atoms with Crippen molar-refractivity contribution in [3.8, 4) is 17.4 Å². The van der Waals surface area contributed by atoms with Crippen LogP contribution in [0.5, 0.6) is 17.4 Å². The van der Waals surface area contributed by atoms with Gasteiger partial charge in [-0.1, -0.05) is 32.0 Å². The first kappa shape index (κ1) is 22.0. The lowest BCUT2D eigenvalue weighted by molar-refractivity contribution is 0.319. The Morgan fingerprint density at radius 1 is 1.19 bits per heavy atom. The highest BCUT2D eigenvalue weighted by atomic mass is 127. The number of aliphatic imine (C=N–C) groups is 1. The number of ether oxygens (including phenoxy) is 2. The maximum absolute atomic E-state index is 5.83. The lowest BCUT2D eigenvalue weighted by Gasteiger charge is -2.10.